The van der Waals surface area contributed by atoms with Crippen LogP contribution >= 0.6 is 0 Å². The molecule has 0 spiro atoms. The zero-order chi connectivity index (χ0) is 20.0. The topological polar surface area (TPSA) is 105 Å². The summed E-state index contributed by atoms with van der Waals surface area (Å²) in [6, 6.07) is 13.0. The molecule has 0 bridgehead atoms. The number of anilines is 1. The van der Waals surface area contributed by atoms with Crippen LogP contribution in [-0.4, -0.2) is 36.4 Å². The summed E-state index contributed by atoms with van der Waals surface area (Å²) in [5.74, 6) is 0. The third kappa shape index (κ3) is 4.69. The summed E-state index contributed by atoms with van der Waals surface area (Å²) in [4.78, 5) is 10.3. The largest absolute Gasteiger partial charge is 0.277 e. The molecule has 0 saturated heterocycles. The van der Waals surface area contributed by atoms with Gasteiger partial charge in [-0.3, -0.25) is 15.5 Å². The van der Waals surface area contributed by atoms with Crippen LogP contribution in [0.1, 0.15) is 26.3 Å². The lowest BCUT2D eigenvalue weighted by atomic mass is 10.1. The minimum absolute atomic E-state index is 0.176. The minimum atomic E-state index is -3.90. The van der Waals surface area contributed by atoms with E-state index in [4.69, 9.17) is 0 Å². The number of benzene rings is 2. The van der Waals surface area contributed by atoms with Crippen molar-refractivity contribution in [2.45, 2.75) is 25.7 Å². The molecule has 0 amide bonds. The zero-order valence-electron chi connectivity index (χ0n) is 15.4. The highest BCUT2D eigenvalue weighted by Gasteiger charge is 2.27. The quantitative estimate of drug-likeness (QED) is 0.422. The van der Waals surface area contributed by atoms with Gasteiger partial charge in [-0.2, -0.15) is 9.41 Å². The maximum absolute atomic E-state index is 12.9. The van der Waals surface area contributed by atoms with Crippen LogP contribution in [-0.2, 0) is 10.0 Å². The summed E-state index contributed by atoms with van der Waals surface area (Å²) in [6.07, 6.45) is 0. The molecule has 0 aliphatic carbocycles. The van der Waals surface area contributed by atoms with Crippen molar-refractivity contribution in [2.24, 2.45) is 5.10 Å². The molecule has 2 aromatic carbocycles. The Morgan fingerprint density at radius 2 is 1.78 bits per heavy atom. The molecule has 0 unspecified atom stereocenters. The van der Waals surface area contributed by atoms with E-state index < -0.39 is 14.9 Å². The zero-order valence-corrected chi connectivity index (χ0v) is 16.2. The number of non-ortho nitro benzene ring substituents is 1. The average molecular weight is 390 g/mol. The van der Waals surface area contributed by atoms with E-state index in [1.54, 1.807) is 20.8 Å². The standard InChI is InChI=1S/C18H22N4O4S/c1-4-21(5-2)27(25,26)18-13-16(22(23)24)11-12-17(18)20-19-14(3)15-9-7-6-8-10-15/h6-13,20H,4-5H2,1-3H3/b19-14-. The molecule has 1 N–H and O–H groups in total. The van der Waals surface area contributed by atoms with Gasteiger partial charge in [0.2, 0.25) is 10.0 Å². The van der Waals surface area contributed by atoms with Crippen LogP contribution in [0.5, 0.6) is 0 Å². The number of nitro groups is 1. The first kappa shape index (κ1) is 20.5. The van der Waals surface area contributed by atoms with Crippen molar-refractivity contribution in [1.82, 2.24) is 4.31 Å². The number of nitrogens with one attached hydrogen (secondary N) is 1. The lowest BCUT2D eigenvalue weighted by Gasteiger charge is -2.20. The molecule has 0 atom stereocenters. The highest BCUT2D eigenvalue weighted by atomic mass is 32.2. The fraction of sp³-hybridized carbons (Fsp3) is 0.278. The Kier molecular flexibility index (Phi) is 6.65. The molecule has 0 radical (unpaired) electrons. The first-order valence-electron chi connectivity index (χ1n) is 8.45. The summed E-state index contributed by atoms with van der Waals surface area (Å²) >= 11 is 0. The Morgan fingerprint density at radius 3 is 2.33 bits per heavy atom. The molecule has 9 heteroatoms. The highest BCUT2D eigenvalue weighted by Crippen LogP contribution is 2.29. The molecule has 0 aromatic heterocycles. The van der Waals surface area contributed by atoms with E-state index in [9.17, 15) is 18.5 Å². The van der Waals surface area contributed by atoms with Crippen molar-refractivity contribution in [3.63, 3.8) is 0 Å². The van der Waals surface area contributed by atoms with Gasteiger partial charge in [-0.15, -0.1) is 0 Å². The number of rotatable bonds is 8. The predicted molar refractivity (Wildman–Crippen MR) is 105 cm³/mol. The van der Waals surface area contributed by atoms with E-state index in [0.29, 0.717) is 5.71 Å². The molecule has 2 aromatic rings. The van der Waals surface area contributed by atoms with Crippen molar-refractivity contribution in [3.05, 3.63) is 64.2 Å². The monoisotopic (exact) mass is 390 g/mol. The molecule has 0 aliphatic rings. The SMILES string of the molecule is CCN(CC)S(=O)(=O)c1cc([N+](=O)[O-])ccc1N/N=C(/C)c1ccccc1. The third-order valence-corrected chi connectivity index (χ3v) is 6.12. The lowest BCUT2D eigenvalue weighted by molar-refractivity contribution is -0.385. The van der Waals surface area contributed by atoms with Crippen LogP contribution in [0, 0.1) is 10.1 Å². The second kappa shape index (κ2) is 8.74. The molecule has 27 heavy (non-hydrogen) atoms. The maximum Gasteiger partial charge on any atom is 0.270 e. The van der Waals surface area contributed by atoms with Gasteiger partial charge in [0.15, 0.2) is 0 Å². The van der Waals surface area contributed by atoms with Crippen molar-refractivity contribution in [1.29, 1.82) is 0 Å². The Labute approximate surface area is 158 Å². The van der Waals surface area contributed by atoms with Gasteiger partial charge in [0.1, 0.15) is 4.90 Å². The summed E-state index contributed by atoms with van der Waals surface area (Å²) < 4.78 is 27.1. The Morgan fingerprint density at radius 1 is 1.15 bits per heavy atom. The van der Waals surface area contributed by atoms with E-state index in [0.717, 1.165) is 11.6 Å². The van der Waals surface area contributed by atoms with Gasteiger partial charge in [0.25, 0.3) is 5.69 Å². The van der Waals surface area contributed by atoms with Gasteiger partial charge >= 0.3 is 0 Å². The van der Waals surface area contributed by atoms with E-state index in [-0.39, 0.29) is 29.4 Å². The van der Waals surface area contributed by atoms with E-state index in [1.807, 2.05) is 30.3 Å². The average Bonchev–Trinajstić information content (AvgIpc) is 2.67. The molecule has 0 heterocycles. The first-order valence-corrected chi connectivity index (χ1v) is 9.89. The molecule has 2 rings (SSSR count). The molecule has 8 nitrogen and oxygen atoms in total. The number of hydrazone groups is 1. The van der Waals surface area contributed by atoms with Gasteiger partial charge in [-0.1, -0.05) is 44.2 Å². The van der Waals surface area contributed by atoms with E-state index in [2.05, 4.69) is 10.5 Å². The van der Waals surface area contributed by atoms with Crippen molar-refractivity contribution < 1.29 is 13.3 Å². The Bertz CT molecular complexity index is 939. The number of nitro benzene ring substituents is 1. The van der Waals surface area contributed by atoms with E-state index >= 15 is 0 Å². The van der Waals surface area contributed by atoms with Gasteiger partial charge in [0, 0.05) is 25.2 Å². The molecular weight excluding hydrogens is 368 g/mol. The van der Waals surface area contributed by atoms with Crippen LogP contribution in [0.4, 0.5) is 11.4 Å². The number of nitrogens with zero attached hydrogens (tertiary/aromatic N) is 3. The second-order valence-electron chi connectivity index (χ2n) is 5.70. The predicted octanol–water partition coefficient (Wildman–Crippen LogP) is 3.46. The Balaban J connectivity index is 2.49. The number of sulfonamides is 1. The third-order valence-electron chi connectivity index (χ3n) is 4.03. The molecule has 0 saturated carbocycles. The van der Waals surface area contributed by atoms with Gasteiger partial charge in [-0.05, 0) is 18.6 Å². The van der Waals surface area contributed by atoms with Gasteiger partial charge in [-0.25, -0.2) is 8.42 Å². The summed E-state index contributed by atoms with van der Waals surface area (Å²) in [5, 5.41) is 15.3. The summed E-state index contributed by atoms with van der Waals surface area (Å²) in [6.45, 7) is 5.72. The van der Waals surface area contributed by atoms with Gasteiger partial charge < -0.3 is 0 Å². The molecule has 144 valence electrons. The van der Waals surface area contributed by atoms with Crippen LogP contribution in [0.3, 0.4) is 0 Å². The maximum atomic E-state index is 12.9. The van der Waals surface area contributed by atoms with Gasteiger partial charge in [0.05, 0.1) is 16.3 Å². The molecule has 0 aliphatic heterocycles. The van der Waals surface area contributed by atoms with Crippen LogP contribution in [0.2, 0.25) is 0 Å². The minimum Gasteiger partial charge on any atom is -0.277 e. The number of hydrogen-bond donors (Lipinski definition) is 1. The first-order chi connectivity index (χ1) is 12.8. The fourth-order valence-electron chi connectivity index (χ4n) is 2.52. The van der Waals surface area contributed by atoms with Crippen LogP contribution < -0.4 is 5.43 Å². The Hall–Kier alpha value is -2.78. The smallest absolute Gasteiger partial charge is 0.270 e. The van der Waals surface area contributed by atoms with Crippen LogP contribution in [0.15, 0.2) is 58.5 Å². The van der Waals surface area contributed by atoms with Crippen molar-refractivity contribution >= 4 is 27.1 Å². The number of hydrogen-bond acceptors (Lipinski definition) is 6. The van der Waals surface area contributed by atoms with Crippen LogP contribution in [0.25, 0.3) is 0 Å². The normalized spacial score (nSPS) is 12.2. The highest BCUT2D eigenvalue weighted by molar-refractivity contribution is 7.89. The van der Waals surface area contributed by atoms with Crippen molar-refractivity contribution in [3.8, 4) is 0 Å². The van der Waals surface area contributed by atoms with Crippen molar-refractivity contribution in [2.75, 3.05) is 18.5 Å². The summed E-state index contributed by atoms with van der Waals surface area (Å²) in [7, 11) is -3.90. The van der Waals surface area contributed by atoms with E-state index in [1.165, 1.54) is 16.4 Å². The second-order valence-corrected chi connectivity index (χ2v) is 7.61. The summed E-state index contributed by atoms with van der Waals surface area (Å²) in [5.41, 5.74) is 4.16. The fourth-order valence-corrected chi connectivity index (χ4v) is 4.14. The molecular formula is C18H22N4O4S. The molecule has 0 fully saturated rings. The lowest BCUT2D eigenvalue weighted by Crippen LogP contribution is -2.31.